The number of aryl methyl sites for hydroxylation is 2. The highest BCUT2D eigenvalue weighted by molar-refractivity contribution is 5.41. The number of benzene rings is 1. The Morgan fingerprint density at radius 2 is 1.67 bits per heavy atom. The summed E-state index contributed by atoms with van der Waals surface area (Å²) in [5.41, 5.74) is 3.78. The van der Waals surface area contributed by atoms with E-state index < -0.39 is 0 Å². The maximum Gasteiger partial charge on any atom is 0.122 e. The van der Waals surface area contributed by atoms with Crippen LogP contribution in [0.1, 0.15) is 24.1 Å². The zero-order valence-electron chi connectivity index (χ0n) is 7.56. The predicted octanol–water partition coefficient (Wildman–Crippen LogP) is 3.26. The number of hydrogen-bond acceptors (Lipinski definition) is 1. The van der Waals surface area contributed by atoms with Crippen molar-refractivity contribution >= 4 is 0 Å². The topological polar surface area (TPSA) is 9.23 Å². The minimum atomic E-state index is 0. The Labute approximate surface area is 75.4 Å². The molecule has 12 heavy (non-hydrogen) atoms. The van der Waals surface area contributed by atoms with Gasteiger partial charge >= 0.3 is 0 Å². The van der Waals surface area contributed by atoms with Crippen molar-refractivity contribution in [2.75, 3.05) is 7.11 Å². The lowest BCUT2D eigenvalue weighted by molar-refractivity contribution is 0.411. The lowest BCUT2D eigenvalue weighted by Crippen LogP contribution is -1.90. The summed E-state index contributed by atoms with van der Waals surface area (Å²) in [5, 5.41) is 0. The summed E-state index contributed by atoms with van der Waals surface area (Å²) in [6, 6.07) is 4.22. The summed E-state index contributed by atoms with van der Waals surface area (Å²) >= 11 is 0. The van der Waals surface area contributed by atoms with Gasteiger partial charge in [0.1, 0.15) is 5.75 Å². The molecule has 0 saturated heterocycles. The molecule has 1 nitrogen and oxygen atoms in total. The molecule has 1 heteroatoms. The van der Waals surface area contributed by atoms with E-state index in [1.54, 1.807) is 7.11 Å². The standard InChI is InChI=1S/C10H14O.CH4/c1-7-5-8(2)9(3)10(6-7)11-4;/h5-6H,1-4H3;1H4. The van der Waals surface area contributed by atoms with Crippen LogP contribution < -0.4 is 4.74 Å². The Morgan fingerprint density at radius 3 is 2.17 bits per heavy atom. The molecule has 0 unspecified atom stereocenters. The van der Waals surface area contributed by atoms with Crippen LogP contribution in [0.4, 0.5) is 0 Å². The van der Waals surface area contributed by atoms with Crippen LogP contribution in [-0.4, -0.2) is 7.11 Å². The maximum atomic E-state index is 5.21. The Bertz CT molecular complexity index is 264. The van der Waals surface area contributed by atoms with Gasteiger partial charge in [0.25, 0.3) is 0 Å². The molecular weight excluding hydrogens is 148 g/mol. The first kappa shape index (κ1) is 11.0. The first-order valence-electron chi connectivity index (χ1n) is 3.77. The third kappa shape index (κ3) is 2.00. The quantitative estimate of drug-likeness (QED) is 0.622. The molecule has 0 aliphatic rings. The molecule has 0 radical (unpaired) electrons. The van der Waals surface area contributed by atoms with Crippen LogP contribution in [0.2, 0.25) is 0 Å². The van der Waals surface area contributed by atoms with E-state index in [2.05, 4.69) is 32.9 Å². The molecule has 0 aliphatic carbocycles. The van der Waals surface area contributed by atoms with E-state index in [1.807, 2.05) is 0 Å². The highest BCUT2D eigenvalue weighted by Crippen LogP contribution is 2.22. The van der Waals surface area contributed by atoms with Gasteiger partial charge in [0.2, 0.25) is 0 Å². The second kappa shape index (κ2) is 4.15. The van der Waals surface area contributed by atoms with Gasteiger partial charge in [-0.3, -0.25) is 0 Å². The molecule has 0 amide bonds. The zero-order valence-corrected chi connectivity index (χ0v) is 7.56. The molecule has 0 aliphatic heterocycles. The van der Waals surface area contributed by atoms with Crippen LogP contribution in [0, 0.1) is 20.8 Å². The van der Waals surface area contributed by atoms with Crippen molar-refractivity contribution in [3.63, 3.8) is 0 Å². The fourth-order valence-electron chi connectivity index (χ4n) is 1.21. The monoisotopic (exact) mass is 166 g/mol. The van der Waals surface area contributed by atoms with E-state index in [9.17, 15) is 0 Å². The van der Waals surface area contributed by atoms with Crippen molar-refractivity contribution in [3.8, 4) is 5.75 Å². The average Bonchev–Trinajstić information content (AvgIpc) is 1.96. The number of ether oxygens (including phenoxy) is 1. The average molecular weight is 166 g/mol. The first-order chi connectivity index (χ1) is 5.15. The molecule has 1 aromatic carbocycles. The lowest BCUT2D eigenvalue weighted by Gasteiger charge is -2.08. The molecule has 0 heterocycles. The van der Waals surface area contributed by atoms with Gasteiger partial charge < -0.3 is 4.74 Å². The summed E-state index contributed by atoms with van der Waals surface area (Å²) in [7, 11) is 1.71. The van der Waals surface area contributed by atoms with Gasteiger partial charge in [-0.05, 0) is 43.5 Å². The zero-order chi connectivity index (χ0) is 8.43. The minimum Gasteiger partial charge on any atom is -0.496 e. The Morgan fingerprint density at radius 1 is 1.08 bits per heavy atom. The number of rotatable bonds is 1. The first-order valence-corrected chi connectivity index (χ1v) is 3.77. The highest BCUT2D eigenvalue weighted by atomic mass is 16.5. The van der Waals surface area contributed by atoms with Crippen LogP contribution in [0.15, 0.2) is 12.1 Å². The van der Waals surface area contributed by atoms with Crippen LogP contribution in [0.3, 0.4) is 0 Å². The third-order valence-corrected chi connectivity index (χ3v) is 1.98. The molecule has 1 rings (SSSR count). The Hall–Kier alpha value is -0.980. The smallest absolute Gasteiger partial charge is 0.122 e. The SMILES string of the molecule is C.COc1cc(C)cc(C)c1C. The molecule has 0 saturated carbocycles. The van der Waals surface area contributed by atoms with Gasteiger partial charge in [-0.25, -0.2) is 0 Å². The fourth-order valence-corrected chi connectivity index (χ4v) is 1.21. The Balaban J connectivity index is 0.00000121. The second-order valence-corrected chi connectivity index (χ2v) is 2.91. The molecule has 0 spiro atoms. The van der Waals surface area contributed by atoms with Gasteiger partial charge in [-0.1, -0.05) is 13.5 Å². The van der Waals surface area contributed by atoms with Gasteiger partial charge in [0.05, 0.1) is 7.11 Å². The van der Waals surface area contributed by atoms with Crippen LogP contribution >= 0.6 is 0 Å². The van der Waals surface area contributed by atoms with E-state index >= 15 is 0 Å². The molecule has 68 valence electrons. The lowest BCUT2D eigenvalue weighted by atomic mass is 10.1. The van der Waals surface area contributed by atoms with Crippen LogP contribution in [-0.2, 0) is 0 Å². The fraction of sp³-hybridized carbons (Fsp3) is 0.455. The van der Waals surface area contributed by atoms with Crippen LogP contribution in [0.25, 0.3) is 0 Å². The van der Waals surface area contributed by atoms with Gasteiger partial charge in [-0.2, -0.15) is 0 Å². The van der Waals surface area contributed by atoms with Crippen molar-refractivity contribution in [2.24, 2.45) is 0 Å². The third-order valence-electron chi connectivity index (χ3n) is 1.98. The summed E-state index contributed by atoms with van der Waals surface area (Å²) in [6.45, 7) is 6.26. The van der Waals surface area contributed by atoms with Crippen molar-refractivity contribution in [3.05, 3.63) is 28.8 Å². The summed E-state index contributed by atoms with van der Waals surface area (Å²) in [6.07, 6.45) is 0. The van der Waals surface area contributed by atoms with E-state index in [1.165, 1.54) is 16.7 Å². The molecule has 0 fully saturated rings. The van der Waals surface area contributed by atoms with Gasteiger partial charge in [-0.15, -0.1) is 0 Å². The Kier molecular flexibility index (Phi) is 3.81. The molecule has 0 N–H and O–H groups in total. The summed E-state index contributed by atoms with van der Waals surface area (Å²) < 4.78 is 5.21. The van der Waals surface area contributed by atoms with E-state index in [-0.39, 0.29) is 7.43 Å². The van der Waals surface area contributed by atoms with Crippen molar-refractivity contribution in [1.82, 2.24) is 0 Å². The van der Waals surface area contributed by atoms with E-state index in [0.717, 1.165) is 5.75 Å². The van der Waals surface area contributed by atoms with E-state index in [4.69, 9.17) is 4.74 Å². The van der Waals surface area contributed by atoms with E-state index in [0.29, 0.717) is 0 Å². The highest BCUT2D eigenvalue weighted by Gasteiger charge is 2.00. The van der Waals surface area contributed by atoms with Crippen molar-refractivity contribution < 1.29 is 4.74 Å². The molecule has 0 aromatic heterocycles. The van der Waals surface area contributed by atoms with Gasteiger partial charge in [0, 0.05) is 0 Å². The number of methoxy groups -OCH3 is 1. The summed E-state index contributed by atoms with van der Waals surface area (Å²) in [4.78, 5) is 0. The maximum absolute atomic E-state index is 5.21. The van der Waals surface area contributed by atoms with Crippen LogP contribution in [0.5, 0.6) is 5.75 Å². The van der Waals surface area contributed by atoms with Crippen molar-refractivity contribution in [2.45, 2.75) is 28.2 Å². The normalized spacial score (nSPS) is 9.00. The minimum absolute atomic E-state index is 0. The molecule has 1 aromatic rings. The molecule has 0 bridgehead atoms. The van der Waals surface area contributed by atoms with Crippen molar-refractivity contribution in [1.29, 1.82) is 0 Å². The summed E-state index contributed by atoms with van der Waals surface area (Å²) in [5.74, 6) is 0.988. The second-order valence-electron chi connectivity index (χ2n) is 2.91. The molecule has 0 atom stereocenters. The number of hydrogen-bond donors (Lipinski definition) is 0. The predicted molar refractivity (Wildman–Crippen MR) is 53.9 cm³/mol. The largest absolute Gasteiger partial charge is 0.496 e. The molecular formula is C11H18O. The van der Waals surface area contributed by atoms with Gasteiger partial charge in [0.15, 0.2) is 0 Å².